The van der Waals surface area contributed by atoms with Gasteiger partial charge in [-0.1, -0.05) is 33.6 Å². The van der Waals surface area contributed by atoms with E-state index in [2.05, 4.69) is 13.8 Å². The average molecular weight is 230 g/mol. The quantitative estimate of drug-likeness (QED) is 0.750. The molecule has 92 valence electrons. The Morgan fingerprint density at radius 3 is 1.69 bits per heavy atom. The van der Waals surface area contributed by atoms with E-state index in [-0.39, 0.29) is 11.3 Å². The first-order chi connectivity index (χ1) is 7.60. The molecule has 1 aromatic carbocycles. The van der Waals surface area contributed by atoms with Crippen LogP contribution < -0.4 is 4.74 Å². The molecule has 16 heavy (non-hydrogen) atoms. The van der Waals surface area contributed by atoms with E-state index < -0.39 is 11.6 Å². The Morgan fingerprint density at radius 1 is 1.00 bits per heavy atom. The van der Waals surface area contributed by atoms with E-state index in [0.717, 1.165) is 0 Å². The van der Waals surface area contributed by atoms with Crippen LogP contribution in [0.2, 0.25) is 0 Å². The van der Waals surface area contributed by atoms with Crippen molar-refractivity contribution in [2.24, 2.45) is 0 Å². The Hall–Kier alpha value is -1.12. The molecule has 0 saturated carbocycles. The number of rotatable bonds is 3. The fourth-order valence-corrected chi connectivity index (χ4v) is 1.04. The van der Waals surface area contributed by atoms with Gasteiger partial charge in [-0.15, -0.1) is 0 Å². The van der Waals surface area contributed by atoms with Gasteiger partial charge in [0.05, 0.1) is 7.11 Å². The SMILES string of the molecule is CCCC.CCc1c(F)cc(OC)cc1F. The summed E-state index contributed by atoms with van der Waals surface area (Å²) in [6.45, 7) is 6.06. The number of unbranched alkanes of at least 4 members (excludes halogenated alkanes) is 1. The fourth-order valence-electron chi connectivity index (χ4n) is 1.04. The van der Waals surface area contributed by atoms with E-state index in [1.165, 1.54) is 32.1 Å². The van der Waals surface area contributed by atoms with Crippen molar-refractivity contribution in [2.75, 3.05) is 7.11 Å². The lowest BCUT2D eigenvalue weighted by Gasteiger charge is -2.04. The van der Waals surface area contributed by atoms with E-state index in [1.807, 2.05) is 0 Å². The molecule has 1 nitrogen and oxygen atoms in total. The van der Waals surface area contributed by atoms with Crippen LogP contribution in [0, 0.1) is 11.6 Å². The number of ether oxygens (including phenoxy) is 1. The molecule has 3 heteroatoms. The van der Waals surface area contributed by atoms with Gasteiger partial charge in [-0.25, -0.2) is 8.78 Å². The summed E-state index contributed by atoms with van der Waals surface area (Å²) >= 11 is 0. The lowest BCUT2D eigenvalue weighted by molar-refractivity contribution is 0.405. The summed E-state index contributed by atoms with van der Waals surface area (Å²) in [6.07, 6.45) is 2.99. The van der Waals surface area contributed by atoms with Crippen LogP contribution >= 0.6 is 0 Å². The zero-order valence-electron chi connectivity index (χ0n) is 10.4. The van der Waals surface area contributed by atoms with Crippen molar-refractivity contribution in [3.05, 3.63) is 29.3 Å². The second-order valence-electron chi connectivity index (χ2n) is 3.42. The highest BCUT2D eigenvalue weighted by Crippen LogP contribution is 2.20. The molecule has 0 heterocycles. The van der Waals surface area contributed by atoms with Gasteiger partial charge in [0.15, 0.2) is 0 Å². The Bertz CT molecular complexity index is 286. The fraction of sp³-hybridized carbons (Fsp3) is 0.538. The van der Waals surface area contributed by atoms with E-state index >= 15 is 0 Å². The number of benzene rings is 1. The van der Waals surface area contributed by atoms with Gasteiger partial charge in [0.1, 0.15) is 17.4 Å². The minimum atomic E-state index is -0.547. The second-order valence-corrected chi connectivity index (χ2v) is 3.42. The Kier molecular flexibility index (Phi) is 7.52. The van der Waals surface area contributed by atoms with Crippen LogP contribution in [-0.4, -0.2) is 7.11 Å². The molecule has 0 radical (unpaired) electrons. The highest BCUT2D eigenvalue weighted by molar-refractivity contribution is 5.30. The molecule has 0 N–H and O–H groups in total. The van der Waals surface area contributed by atoms with Gasteiger partial charge in [-0.05, 0) is 6.42 Å². The number of hydrogen-bond acceptors (Lipinski definition) is 1. The van der Waals surface area contributed by atoms with Crippen LogP contribution in [0.3, 0.4) is 0 Å². The van der Waals surface area contributed by atoms with Gasteiger partial charge in [-0.3, -0.25) is 0 Å². The van der Waals surface area contributed by atoms with Crippen molar-refractivity contribution in [1.29, 1.82) is 0 Å². The van der Waals surface area contributed by atoms with Gasteiger partial charge in [0.25, 0.3) is 0 Å². The summed E-state index contributed by atoms with van der Waals surface area (Å²) in [5.41, 5.74) is 0.107. The lowest BCUT2D eigenvalue weighted by Crippen LogP contribution is -1.95. The molecule has 0 unspecified atom stereocenters. The zero-order valence-corrected chi connectivity index (χ0v) is 10.4. The Labute approximate surface area is 96.4 Å². The molecule has 0 fully saturated rings. The molecule has 1 rings (SSSR count). The maximum atomic E-state index is 13.0. The van der Waals surface area contributed by atoms with E-state index in [0.29, 0.717) is 6.42 Å². The third-order valence-corrected chi connectivity index (χ3v) is 2.20. The van der Waals surface area contributed by atoms with E-state index in [4.69, 9.17) is 4.74 Å². The molecule has 0 aliphatic carbocycles. The lowest BCUT2D eigenvalue weighted by atomic mass is 10.1. The summed E-state index contributed by atoms with van der Waals surface area (Å²) in [6, 6.07) is 2.36. The van der Waals surface area contributed by atoms with Crippen LogP contribution in [0.25, 0.3) is 0 Å². The minimum absolute atomic E-state index is 0.107. The zero-order chi connectivity index (χ0) is 12.6. The summed E-state index contributed by atoms with van der Waals surface area (Å²) in [4.78, 5) is 0. The van der Waals surface area contributed by atoms with Gasteiger partial charge in [0.2, 0.25) is 0 Å². The molecular weight excluding hydrogens is 210 g/mol. The minimum Gasteiger partial charge on any atom is -0.497 e. The van der Waals surface area contributed by atoms with Crippen molar-refractivity contribution in [3.63, 3.8) is 0 Å². The van der Waals surface area contributed by atoms with Crippen LogP contribution in [0.5, 0.6) is 5.75 Å². The van der Waals surface area contributed by atoms with Crippen molar-refractivity contribution >= 4 is 0 Å². The molecule has 0 atom stereocenters. The van der Waals surface area contributed by atoms with E-state index in [9.17, 15) is 8.78 Å². The number of halogens is 2. The van der Waals surface area contributed by atoms with Crippen LogP contribution in [-0.2, 0) is 6.42 Å². The van der Waals surface area contributed by atoms with Crippen molar-refractivity contribution < 1.29 is 13.5 Å². The largest absolute Gasteiger partial charge is 0.497 e. The number of hydrogen-bond donors (Lipinski definition) is 0. The van der Waals surface area contributed by atoms with E-state index in [1.54, 1.807) is 6.92 Å². The van der Waals surface area contributed by atoms with Gasteiger partial charge < -0.3 is 4.74 Å². The molecule has 0 aromatic heterocycles. The highest BCUT2D eigenvalue weighted by Gasteiger charge is 2.08. The summed E-state index contributed by atoms with van der Waals surface area (Å²) in [5.74, 6) is -0.883. The molecule has 0 aliphatic rings. The van der Waals surface area contributed by atoms with Crippen LogP contribution in [0.1, 0.15) is 39.2 Å². The molecule has 0 spiro atoms. The first-order valence-electron chi connectivity index (χ1n) is 5.62. The van der Waals surface area contributed by atoms with Gasteiger partial charge in [-0.2, -0.15) is 0 Å². The topological polar surface area (TPSA) is 9.23 Å². The number of methoxy groups -OCH3 is 1. The average Bonchev–Trinajstić information content (AvgIpc) is 2.29. The third kappa shape index (κ3) is 4.60. The monoisotopic (exact) mass is 230 g/mol. The molecule has 0 bridgehead atoms. The Balaban J connectivity index is 0.000000487. The predicted molar refractivity (Wildman–Crippen MR) is 62.9 cm³/mol. The normalized spacial score (nSPS) is 9.38. The second kappa shape index (κ2) is 8.08. The summed E-state index contributed by atoms with van der Waals surface area (Å²) in [7, 11) is 1.37. The standard InChI is InChI=1S/C9H10F2O.C4H10/c1-3-7-8(10)4-6(12-2)5-9(7)11;1-3-4-2/h4-5H,3H2,1-2H3;3-4H2,1-2H3. The molecule has 0 aliphatic heterocycles. The molecule has 1 aromatic rings. The molecular formula is C13H20F2O. The van der Waals surface area contributed by atoms with Crippen molar-refractivity contribution in [1.82, 2.24) is 0 Å². The highest BCUT2D eigenvalue weighted by atomic mass is 19.1. The third-order valence-electron chi connectivity index (χ3n) is 2.20. The maximum Gasteiger partial charge on any atom is 0.132 e. The first-order valence-corrected chi connectivity index (χ1v) is 5.62. The maximum absolute atomic E-state index is 13.0. The Morgan fingerprint density at radius 2 is 1.44 bits per heavy atom. The predicted octanol–water partition coefficient (Wildman–Crippen LogP) is 4.34. The van der Waals surface area contributed by atoms with Crippen molar-refractivity contribution in [2.45, 2.75) is 40.0 Å². The molecule has 0 amide bonds. The summed E-state index contributed by atoms with van der Waals surface area (Å²) < 4.78 is 30.7. The first kappa shape index (κ1) is 14.9. The smallest absolute Gasteiger partial charge is 0.132 e. The molecule has 0 saturated heterocycles. The van der Waals surface area contributed by atoms with Gasteiger partial charge in [0, 0.05) is 17.7 Å². The van der Waals surface area contributed by atoms with Crippen molar-refractivity contribution in [3.8, 4) is 5.75 Å². The van der Waals surface area contributed by atoms with Crippen LogP contribution in [0.15, 0.2) is 12.1 Å². The van der Waals surface area contributed by atoms with Crippen LogP contribution in [0.4, 0.5) is 8.78 Å². The summed E-state index contributed by atoms with van der Waals surface area (Å²) in [5, 5.41) is 0. The van der Waals surface area contributed by atoms with Gasteiger partial charge >= 0.3 is 0 Å².